The van der Waals surface area contributed by atoms with Crippen LogP contribution in [0.3, 0.4) is 0 Å². The lowest BCUT2D eigenvalue weighted by Gasteiger charge is -2.31. The number of nitrogens with zero attached hydrogens (tertiary/aromatic N) is 1. The predicted molar refractivity (Wildman–Crippen MR) is 77.2 cm³/mol. The van der Waals surface area contributed by atoms with Gasteiger partial charge in [-0.05, 0) is 31.9 Å². The fourth-order valence-corrected chi connectivity index (χ4v) is 3.17. The molecule has 0 N–H and O–H groups in total. The Morgan fingerprint density at radius 3 is 3.14 bits per heavy atom. The van der Waals surface area contributed by atoms with Gasteiger partial charge < -0.3 is 18.8 Å². The Morgan fingerprint density at radius 2 is 2.43 bits per heavy atom. The van der Waals surface area contributed by atoms with Crippen molar-refractivity contribution in [2.24, 2.45) is 0 Å². The summed E-state index contributed by atoms with van der Waals surface area (Å²) in [6, 6.07) is 3.62. The molecule has 0 aliphatic carbocycles. The molecule has 0 spiro atoms. The van der Waals surface area contributed by atoms with Gasteiger partial charge in [-0.15, -0.1) is 6.58 Å². The van der Waals surface area contributed by atoms with E-state index in [9.17, 15) is 4.79 Å². The van der Waals surface area contributed by atoms with Crippen LogP contribution in [0, 0.1) is 6.92 Å². The zero-order chi connectivity index (χ0) is 14.8. The molecule has 2 saturated heterocycles. The molecule has 0 bridgehead atoms. The number of carbonyl (C=O) groups is 1. The summed E-state index contributed by atoms with van der Waals surface area (Å²) in [5, 5.41) is 0. The lowest BCUT2D eigenvalue weighted by Crippen LogP contribution is -2.43. The normalized spacial score (nSPS) is 28.4. The summed E-state index contributed by atoms with van der Waals surface area (Å²) in [7, 11) is 0. The first-order chi connectivity index (χ1) is 10.2. The molecule has 5 heteroatoms. The number of rotatable bonds is 4. The number of amides is 1. The topological polar surface area (TPSA) is 51.9 Å². The molecule has 3 atom stereocenters. The van der Waals surface area contributed by atoms with Crippen LogP contribution in [0.15, 0.2) is 29.2 Å². The van der Waals surface area contributed by atoms with Gasteiger partial charge in [-0.1, -0.05) is 6.08 Å². The molecule has 0 aromatic carbocycles. The van der Waals surface area contributed by atoms with Crippen LogP contribution < -0.4 is 0 Å². The first-order valence-corrected chi connectivity index (χ1v) is 7.42. The second-order valence-electron chi connectivity index (χ2n) is 5.57. The Hall–Kier alpha value is -1.59. The molecule has 5 nitrogen and oxygen atoms in total. The lowest BCUT2D eigenvalue weighted by molar-refractivity contribution is -0.0708. The van der Waals surface area contributed by atoms with Crippen LogP contribution in [0.2, 0.25) is 0 Å². The summed E-state index contributed by atoms with van der Waals surface area (Å²) < 4.78 is 17.1. The van der Waals surface area contributed by atoms with Gasteiger partial charge >= 0.3 is 0 Å². The van der Waals surface area contributed by atoms with Gasteiger partial charge in [0.1, 0.15) is 18.0 Å². The average molecular weight is 291 g/mol. The molecule has 2 fully saturated rings. The molecule has 0 unspecified atom stereocenters. The van der Waals surface area contributed by atoms with E-state index < -0.39 is 0 Å². The largest absolute Gasteiger partial charge is 0.456 e. The van der Waals surface area contributed by atoms with E-state index in [2.05, 4.69) is 6.58 Å². The summed E-state index contributed by atoms with van der Waals surface area (Å²) >= 11 is 0. The lowest BCUT2D eigenvalue weighted by atomic mass is 10.0. The molecule has 0 saturated carbocycles. The van der Waals surface area contributed by atoms with Gasteiger partial charge in [0, 0.05) is 6.61 Å². The molecule has 1 amide bonds. The zero-order valence-corrected chi connectivity index (χ0v) is 12.3. The van der Waals surface area contributed by atoms with Crippen molar-refractivity contribution in [3.05, 3.63) is 36.3 Å². The van der Waals surface area contributed by atoms with Gasteiger partial charge in [-0.25, -0.2) is 0 Å². The zero-order valence-electron chi connectivity index (χ0n) is 12.3. The van der Waals surface area contributed by atoms with Crippen molar-refractivity contribution < 1.29 is 18.7 Å². The number of carbonyl (C=O) groups excluding carboxylic acids is 1. The number of fused-ring (bicyclic) bond motifs is 1. The van der Waals surface area contributed by atoms with Crippen molar-refractivity contribution in [2.45, 2.75) is 38.0 Å². The predicted octanol–water partition coefficient (Wildman–Crippen LogP) is 2.16. The van der Waals surface area contributed by atoms with E-state index in [4.69, 9.17) is 13.9 Å². The van der Waals surface area contributed by atoms with Gasteiger partial charge in [0.25, 0.3) is 5.91 Å². The van der Waals surface area contributed by atoms with E-state index >= 15 is 0 Å². The standard InChI is InChI=1S/C16H21NO4/c1-3-8-19-14-10-17(12-5-4-9-20-15(12)14)16(18)13-7-6-11(2)21-13/h3,6-7,12,14-15H,1,4-5,8-10H2,2H3/t12-,14+,15+/m1/s1. The maximum atomic E-state index is 12.6. The van der Waals surface area contributed by atoms with Crippen molar-refractivity contribution in [1.29, 1.82) is 0 Å². The Balaban J connectivity index is 1.77. The molecule has 2 aliphatic rings. The molecule has 1 aromatic heterocycles. The van der Waals surface area contributed by atoms with Crippen molar-refractivity contribution in [1.82, 2.24) is 4.90 Å². The van der Waals surface area contributed by atoms with Gasteiger partial charge in [0.05, 0.1) is 19.2 Å². The summed E-state index contributed by atoms with van der Waals surface area (Å²) in [5.41, 5.74) is 0. The van der Waals surface area contributed by atoms with E-state index in [1.807, 2.05) is 17.9 Å². The van der Waals surface area contributed by atoms with Crippen molar-refractivity contribution in [3.8, 4) is 0 Å². The highest BCUT2D eigenvalue weighted by Gasteiger charge is 2.47. The quantitative estimate of drug-likeness (QED) is 0.798. The highest BCUT2D eigenvalue weighted by molar-refractivity contribution is 5.92. The molecule has 0 radical (unpaired) electrons. The highest BCUT2D eigenvalue weighted by Crippen LogP contribution is 2.32. The van der Waals surface area contributed by atoms with E-state index in [-0.39, 0.29) is 24.2 Å². The van der Waals surface area contributed by atoms with Crippen LogP contribution in [0.25, 0.3) is 0 Å². The highest BCUT2D eigenvalue weighted by atomic mass is 16.5. The van der Waals surface area contributed by atoms with Crippen molar-refractivity contribution in [2.75, 3.05) is 19.8 Å². The minimum Gasteiger partial charge on any atom is -0.456 e. The number of furan rings is 1. The Kier molecular flexibility index (Phi) is 4.12. The number of hydrogen-bond donors (Lipinski definition) is 0. The first kappa shape index (κ1) is 14.4. The summed E-state index contributed by atoms with van der Waals surface area (Å²) in [4.78, 5) is 14.5. The number of ether oxygens (including phenoxy) is 2. The van der Waals surface area contributed by atoms with Crippen LogP contribution in [0.4, 0.5) is 0 Å². The third-order valence-electron chi connectivity index (χ3n) is 4.12. The Bertz CT molecular complexity index is 524. The molecule has 114 valence electrons. The SMILES string of the molecule is C=CCO[C@H]1CN(C(=O)c2ccc(C)o2)[C@@H]2CCCO[C@H]12. The first-order valence-electron chi connectivity index (χ1n) is 7.42. The fraction of sp³-hybridized carbons (Fsp3) is 0.562. The molecule has 1 aromatic rings. The van der Waals surface area contributed by atoms with Gasteiger partial charge in [-0.2, -0.15) is 0 Å². The van der Waals surface area contributed by atoms with Gasteiger partial charge in [-0.3, -0.25) is 4.79 Å². The third-order valence-corrected chi connectivity index (χ3v) is 4.12. The van der Waals surface area contributed by atoms with Crippen LogP contribution in [0.1, 0.15) is 29.2 Å². The fourth-order valence-electron chi connectivity index (χ4n) is 3.17. The minimum atomic E-state index is -0.0895. The van der Waals surface area contributed by atoms with E-state index in [1.54, 1.807) is 12.1 Å². The smallest absolute Gasteiger partial charge is 0.289 e. The van der Waals surface area contributed by atoms with Gasteiger partial charge in [0.2, 0.25) is 0 Å². The molecular weight excluding hydrogens is 270 g/mol. The molecule has 3 heterocycles. The Labute approximate surface area is 124 Å². The minimum absolute atomic E-state index is 0.0429. The van der Waals surface area contributed by atoms with E-state index in [0.29, 0.717) is 18.9 Å². The summed E-state index contributed by atoms with van der Waals surface area (Å²) in [6.45, 7) is 7.25. The van der Waals surface area contributed by atoms with Gasteiger partial charge in [0.15, 0.2) is 5.76 Å². The number of aryl methyl sites for hydroxylation is 1. The second kappa shape index (κ2) is 6.03. The van der Waals surface area contributed by atoms with E-state index in [1.165, 1.54) is 0 Å². The second-order valence-corrected chi connectivity index (χ2v) is 5.57. The van der Waals surface area contributed by atoms with Crippen molar-refractivity contribution in [3.63, 3.8) is 0 Å². The van der Waals surface area contributed by atoms with Crippen LogP contribution in [-0.2, 0) is 9.47 Å². The van der Waals surface area contributed by atoms with Crippen LogP contribution >= 0.6 is 0 Å². The van der Waals surface area contributed by atoms with E-state index in [0.717, 1.165) is 25.2 Å². The monoisotopic (exact) mass is 291 g/mol. The van der Waals surface area contributed by atoms with Crippen molar-refractivity contribution >= 4 is 5.91 Å². The number of hydrogen-bond acceptors (Lipinski definition) is 4. The van der Waals surface area contributed by atoms with Crippen LogP contribution in [-0.4, -0.2) is 48.8 Å². The molecule has 21 heavy (non-hydrogen) atoms. The molecular formula is C16H21NO4. The Morgan fingerprint density at radius 1 is 1.57 bits per heavy atom. The maximum Gasteiger partial charge on any atom is 0.289 e. The maximum absolute atomic E-state index is 12.6. The third kappa shape index (κ3) is 2.76. The molecule has 3 rings (SSSR count). The summed E-state index contributed by atoms with van der Waals surface area (Å²) in [6.07, 6.45) is 3.51. The summed E-state index contributed by atoms with van der Waals surface area (Å²) in [5.74, 6) is 1.06. The molecule has 2 aliphatic heterocycles. The average Bonchev–Trinajstić information content (AvgIpc) is 3.09. The number of likely N-dealkylation sites (tertiary alicyclic amines) is 1. The van der Waals surface area contributed by atoms with Crippen LogP contribution in [0.5, 0.6) is 0 Å².